The first-order valence-electron chi connectivity index (χ1n) is 7.44. The summed E-state index contributed by atoms with van der Waals surface area (Å²) in [6.07, 6.45) is 0.957. The maximum Gasteiger partial charge on any atom is 0.0897 e. The third-order valence-electron chi connectivity index (χ3n) is 3.81. The minimum Gasteiger partial charge on any atom is -0.326 e. The van der Waals surface area contributed by atoms with E-state index in [1.807, 2.05) is 6.92 Å². The first kappa shape index (κ1) is 16.1. The van der Waals surface area contributed by atoms with Crippen LogP contribution in [-0.2, 0) is 6.54 Å². The summed E-state index contributed by atoms with van der Waals surface area (Å²) in [7, 11) is 2.14. The highest BCUT2D eigenvalue weighted by Crippen LogP contribution is 2.26. The van der Waals surface area contributed by atoms with Gasteiger partial charge in [0.25, 0.3) is 0 Å². The van der Waals surface area contributed by atoms with Gasteiger partial charge in [-0.05, 0) is 32.9 Å². The Labute approximate surface area is 131 Å². The third kappa shape index (κ3) is 4.13. The van der Waals surface area contributed by atoms with E-state index >= 15 is 0 Å². The fraction of sp³-hybridized carbons (Fsp3) is 0.471. The molecule has 0 radical (unpaired) electrons. The summed E-state index contributed by atoms with van der Waals surface area (Å²) in [5.41, 5.74) is 10.1. The second-order valence-corrected chi connectivity index (χ2v) is 6.77. The molecule has 4 heteroatoms. The van der Waals surface area contributed by atoms with Gasteiger partial charge in [0.15, 0.2) is 0 Å². The van der Waals surface area contributed by atoms with Crippen LogP contribution in [0.3, 0.4) is 0 Å². The molecule has 2 atom stereocenters. The molecule has 0 saturated carbocycles. The Bertz CT molecular complexity index is 579. The normalized spacial score (nSPS) is 14.4. The smallest absolute Gasteiger partial charge is 0.0897 e. The molecule has 1 aromatic heterocycles. The Balaban J connectivity index is 2.23. The molecule has 0 spiro atoms. The lowest BCUT2D eigenvalue weighted by Crippen LogP contribution is -2.38. The molecule has 2 N–H and O–H groups in total. The van der Waals surface area contributed by atoms with Gasteiger partial charge in [-0.15, -0.1) is 11.3 Å². The SMILES string of the molecule is CCC(N)C(c1cccc(C)c1)N(C)Cc1csc(C)n1. The molecule has 21 heavy (non-hydrogen) atoms. The zero-order chi connectivity index (χ0) is 15.4. The molecule has 0 bridgehead atoms. The van der Waals surface area contributed by atoms with Crippen LogP contribution in [0.5, 0.6) is 0 Å². The highest BCUT2D eigenvalue weighted by Gasteiger charge is 2.23. The van der Waals surface area contributed by atoms with Gasteiger partial charge < -0.3 is 5.73 Å². The molecular formula is C17H25N3S. The lowest BCUT2D eigenvalue weighted by atomic mass is 9.95. The van der Waals surface area contributed by atoms with E-state index in [-0.39, 0.29) is 12.1 Å². The summed E-state index contributed by atoms with van der Waals surface area (Å²) >= 11 is 1.70. The van der Waals surface area contributed by atoms with Crippen molar-refractivity contribution in [1.82, 2.24) is 9.88 Å². The topological polar surface area (TPSA) is 42.1 Å². The summed E-state index contributed by atoms with van der Waals surface area (Å²) in [5, 5.41) is 3.25. The molecule has 114 valence electrons. The van der Waals surface area contributed by atoms with Crippen LogP contribution in [-0.4, -0.2) is 23.0 Å². The molecule has 0 fully saturated rings. The number of nitrogens with zero attached hydrogens (tertiary/aromatic N) is 2. The average molecular weight is 303 g/mol. The monoisotopic (exact) mass is 303 g/mol. The fourth-order valence-corrected chi connectivity index (χ4v) is 3.34. The molecule has 0 aliphatic rings. The number of aromatic nitrogens is 1. The summed E-state index contributed by atoms with van der Waals surface area (Å²) in [6.45, 7) is 7.15. The Hall–Kier alpha value is -1.23. The molecule has 0 aliphatic carbocycles. The van der Waals surface area contributed by atoms with Crippen molar-refractivity contribution < 1.29 is 0 Å². The number of nitrogens with two attached hydrogens (primary N) is 1. The predicted octanol–water partition coefficient (Wildman–Crippen LogP) is 3.67. The van der Waals surface area contributed by atoms with Crippen LogP contribution >= 0.6 is 11.3 Å². The molecule has 1 aromatic carbocycles. The van der Waals surface area contributed by atoms with E-state index in [1.165, 1.54) is 11.1 Å². The van der Waals surface area contributed by atoms with Gasteiger partial charge >= 0.3 is 0 Å². The Kier molecular flexibility index (Phi) is 5.51. The third-order valence-corrected chi connectivity index (χ3v) is 4.64. The lowest BCUT2D eigenvalue weighted by molar-refractivity contribution is 0.200. The lowest BCUT2D eigenvalue weighted by Gasteiger charge is -2.32. The van der Waals surface area contributed by atoms with Crippen molar-refractivity contribution in [2.45, 2.75) is 45.8 Å². The predicted molar refractivity (Wildman–Crippen MR) is 90.5 cm³/mol. The largest absolute Gasteiger partial charge is 0.326 e. The molecule has 2 unspecified atom stereocenters. The number of benzene rings is 1. The van der Waals surface area contributed by atoms with E-state index < -0.39 is 0 Å². The van der Waals surface area contributed by atoms with Crippen LogP contribution in [0, 0.1) is 13.8 Å². The quantitative estimate of drug-likeness (QED) is 0.885. The van der Waals surface area contributed by atoms with Crippen LogP contribution < -0.4 is 5.73 Å². The van der Waals surface area contributed by atoms with Crippen LogP contribution in [0.2, 0.25) is 0 Å². The van der Waals surface area contributed by atoms with Crippen LogP contribution in [0.25, 0.3) is 0 Å². The number of rotatable bonds is 6. The van der Waals surface area contributed by atoms with Crippen molar-refractivity contribution in [3.63, 3.8) is 0 Å². The summed E-state index contributed by atoms with van der Waals surface area (Å²) < 4.78 is 0. The first-order valence-corrected chi connectivity index (χ1v) is 8.32. The Morgan fingerprint density at radius 3 is 2.67 bits per heavy atom. The van der Waals surface area contributed by atoms with Gasteiger partial charge in [0.05, 0.1) is 10.7 Å². The average Bonchev–Trinajstić information content (AvgIpc) is 2.84. The Morgan fingerprint density at radius 2 is 2.10 bits per heavy atom. The van der Waals surface area contributed by atoms with E-state index in [0.717, 1.165) is 23.7 Å². The first-order chi connectivity index (χ1) is 10.0. The highest BCUT2D eigenvalue weighted by molar-refractivity contribution is 7.09. The van der Waals surface area contributed by atoms with E-state index in [4.69, 9.17) is 5.73 Å². The van der Waals surface area contributed by atoms with Crippen LogP contribution in [0.15, 0.2) is 29.6 Å². The number of hydrogen-bond donors (Lipinski definition) is 1. The maximum absolute atomic E-state index is 6.40. The molecule has 1 heterocycles. The molecule has 0 amide bonds. The van der Waals surface area contributed by atoms with E-state index in [0.29, 0.717) is 0 Å². The molecule has 3 nitrogen and oxygen atoms in total. The van der Waals surface area contributed by atoms with E-state index in [9.17, 15) is 0 Å². The van der Waals surface area contributed by atoms with Gasteiger partial charge in [-0.3, -0.25) is 4.90 Å². The van der Waals surface area contributed by atoms with Gasteiger partial charge in [0, 0.05) is 24.0 Å². The van der Waals surface area contributed by atoms with Gasteiger partial charge in [-0.25, -0.2) is 4.98 Å². The van der Waals surface area contributed by atoms with Gasteiger partial charge in [-0.1, -0.05) is 36.8 Å². The second-order valence-electron chi connectivity index (χ2n) is 5.70. The van der Waals surface area contributed by atoms with Crippen molar-refractivity contribution in [2.24, 2.45) is 5.73 Å². The number of hydrogen-bond acceptors (Lipinski definition) is 4. The molecule has 0 aliphatic heterocycles. The van der Waals surface area contributed by atoms with Crippen molar-refractivity contribution in [3.05, 3.63) is 51.5 Å². The minimum absolute atomic E-state index is 0.122. The van der Waals surface area contributed by atoms with E-state index in [2.05, 4.69) is 60.4 Å². The van der Waals surface area contributed by atoms with Crippen LogP contribution in [0.4, 0.5) is 0 Å². The molecule has 2 rings (SSSR count). The highest BCUT2D eigenvalue weighted by atomic mass is 32.1. The molecule has 2 aromatic rings. The summed E-state index contributed by atoms with van der Waals surface area (Å²) in [6, 6.07) is 9.00. The van der Waals surface area contributed by atoms with E-state index in [1.54, 1.807) is 11.3 Å². The summed E-state index contributed by atoms with van der Waals surface area (Å²) in [5.74, 6) is 0. The van der Waals surface area contributed by atoms with Crippen molar-refractivity contribution >= 4 is 11.3 Å². The summed E-state index contributed by atoms with van der Waals surface area (Å²) in [4.78, 5) is 6.88. The van der Waals surface area contributed by atoms with Crippen molar-refractivity contribution in [2.75, 3.05) is 7.05 Å². The zero-order valence-electron chi connectivity index (χ0n) is 13.3. The number of aryl methyl sites for hydroxylation is 2. The Morgan fingerprint density at radius 1 is 1.33 bits per heavy atom. The fourth-order valence-electron chi connectivity index (χ4n) is 2.74. The van der Waals surface area contributed by atoms with Crippen molar-refractivity contribution in [3.8, 4) is 0 Å². The number of thiazole rings is 1. The zero-order valence-corrected chi connectivity index (χ0v) is 14.2. The van der Waals surface area contributed by atoms with Gasteiger partial charge in [0.1, 0.15) is 0 Å². The van der Waals surface area contributed by atoms with Crippen molar-refractivity contribution in [1.29, 1.82) is 0 Å². The molecule has 0 saturated heterocycles. The standard InChI is InChI=1S/C17H25N3S/c1-5-16(18)17(14-8-6-7-12(2)9-14)20(4)10-15-11-21-13(3)19-15/h6-9,11,16-17H,5,10,18H2,1-4H3. The van der Waals surface area contributed by atoms with Crippen LogP contribution in [0.1, 0.15) is 41.2 Å². The number of likely N-dealkylation sites (N-methyl/N-ethyl adjacent to an activating group) is 1. The second kappa shape index (κ2) is 7.16. The van der Waals surface area contributed by atoms with Gasteiger partial charge in [0.2, 0.25) is 0 Å². The maximum atomic E-state index is 6.40. The molecular weight excluding hydrogens is 278 g/mol. The minimum atomic E-state index is 0.122. The van der Waals surface area contributed by atoms with Gasteiger partial charge in [-0.2, -0.15) is 0 Å².